The van der Waals surface area contributed by atoms with Crippen molar-refractivity contribution in [1.82, 2.24) is 0 Å². The Labute approximate surface area is 97.0 Å². The lowest BCUT2D eigenvalue weighted by molar-refractivity contribution is 1.59. The Balaban J connectivity index is 2.23. The van der Waals surface area contributed by atoms with E-state index in [4.69, 9.17) is 1.37 Å². The first kappa shape index (κ1) is 8.12. The topological polar surface area (TPSA) is 0 Å². The summed E-state index contributed by atoms with van der Waals surface area (Å²) in [4.78, 5) is 0. The lowest BCUT2D eigenvalue weighted by atomic mass is 10.1. The van der Waals surface area contributed by atoms with Crippen molar-refractivity contribution in [3.8, 4) is 0 Å². The Kier molecular flexibility index (Phi) is 1.94. The van der Waals surface area contributed by atoms with Crippen LogP contribution in [-0.2, 0) is 0 Å². The monoisotopic (exact) mass is 205 g/mol. The molecule has 2 aromatic rings. The van der Waals surface area contributed by atoms with E-state index in [1.54, 1.807) is 0 Å². The van der Waals surface area contributed by atoms with Crippen LogP contribution >= 0.6 is 0 Å². The van der Waals surface area contributed by atoms with Crippen LogP contribution in [0.15, 0.2) is 48.5 Å². The Bertz CT molecular complexity index is 586. The summed E-state index contributed by atoms with van der Waals surface area (Å²) in [7, 11) is 0. The molecule has 4 aliphatic carbocycles. The summed E-state index contributed by atoms with van der Waals surface area (Å²) < 4.78 is 8.04. The van der Waals surface area contributed by atoms with Crippen LogP contribution in [0.25, 0.3) is 24.3 Å². The molecule has 0 N–H and O–H groups in total. The molecule has 0 radical (unpaired) electrons. The van der Waals surface area contributed by atoms with Crippen molar-refractivity contribution in [1.29, 1.82) is 0 Å². The van der Waals surface area contributed by atoms with Crippen molar-refractivity contribution in [3.05, 3.63) is 70.8 Å². The Morgan fingerprint density at radius 3 is 1.38 bits per heavy atom. The maximum absolute atomic E-state index is 8.04. The number of hydrogen-bond donors (Lipinski definition) is 0. The lowest BCUT2D eigenvalue weighted by Gasteiger charge is -2.00. The molecular weight excluding hydrogens is 192 g/mol. The van der Waals surface area contributed by atoms with Gasteiger partial charge in [0, 0.05) is 0 Å². The average molecular weight is 205 g/mol. The molecule has 0 spiro atoms. The van der Waals surface area contributed by atoms with Gasteiger partial charge in [-0.3, -0.25) is 0 Å². The predicted octanol–water partition coefficient (Wildman–Crippen LogP) is 4.34. The van der Waals surface area contributed by atoms with Gasteiger partial charge in [-0.25, -0.2) is 0 Å². The van der Waals surface area contributed by atoms with Crippen LogP contribution in [0.3, 0.4) is 0 Å². The van der Waals surface area contributed by atoms with Crippen molar-refractivity contribution in [3.63, 3.8) is 0 Å². The fraction of sp³-hybridized carbons (Fsp3) is 0. The van der Waals surface area contributed by atoms with E-state index in [9.17, 15) is 0 Å². The minimum atomic E-state index is 0.550. The lowest BCUT2D eigenvalue weighted by Crippen LogP contribution is -1.79. The molecule has 0 amide bonds. The molecule has 0 aromatic heterocycles. The SMILES string of the molecule is [2H]/C1=C/c2ccc(cc2)/C=C\c2ccc1cc2. The van der Waals surface area contributed by atoms with E-state index in [0.29, 0.717) is 6.05 Å². The van der Waals surface area contributed by atoms with Crippen LogP contribution in [0.4, 0.5) is 0 Å². The molecule has 0 nitrogen and oxygen atoms in total. The second kappa shape index (κ2) is 3.82. The average Bonchev–Trinajstić information content (AvgIpc) is 2.36. The van der Waals surface area contributed by atoms with Crippen molar-refractivity contribution < 1.29 is 1.37 Å². The summed E-state index contributed by atoms with van der Waals surface area (Å²) in [6.07, 6.45) is 6.09. The number of benzene rings is 2. The van der Waals surface area contributed by atoms with Gasteiger partial charge in [0.1, 0.15) is 0 Å². The highest BCUT2D eigenvalue weighted by atomic mass is 14.0. The third-order valence-corrected chi connectivity index (χ3v) is 2.72. The van der Waals surface area contributed by atoms with Crippen molar-refractivity contribution >= 4 is 24.3 Å². The molecule has 0 saturated heterocycles. The fourth-order valence-corrected chi connectivity index (χ4v) is 1.75. The zero-order valence-electron chi connectivity index (χ0n) is 9.85. The molecule has 6 rings (SSSR count). The first-order valence-electron chi connectivity index (χ1n) is 5.88. The molecule has 0 atom stereocenters. The highest BCUT2D eigenvalue weighted by Crippen LogP contribution is 2.15. The molecule has 0 heteroatoms. The zero-order chi connectivity index (χ0) is 11.7. The Morgan fingerprint density at radius 1 is 0.500 bits per heavy atom. The smallest absolute Gasteiger partial charge is 0.0544 e. The standard InChI is InChI=1S/C16H12/c1-2-14-4-3-13(1)9-10-15-5-7-16(8-6-15)12-11-14/h1-12H/b10-9-,12-11-,13-9?,14-11?,15-10?,16-12?/i9D. The highest BCUT2D eigenvalue weighted by Gasteiger charge is 1.93. The van der Waals surface area contributed by atoms with Gasteiger partial charge in [0.05, 0.1) is 1.37 Å². The van der Waals surface area contributed by atoms with Gasteiger partial charge >= 0.3 is 0 Å². The largest absolute Gasteiger partial charge is 0.0629 e. The second-order valence-electron chi connectivity index (χ2n) is 3.91. The van der Waals surface area contributed by atoms with Gasteiger partial charge < -0.3 is 0 Å². The van der Waals surface area contributed by atoms with Gasteiger partial charge in [-0.15, -0.1) is 0 Å². The summed E-state index contributed by atoms with van der Waals surface area (Å²) >= 11 is 0. The van der Waals surface area contributed by atoms with Gasteiger partial charge in [-0.05, 0) is 22.3 Å². The van der Waals surface area contributed by atoms with E-state index in [0.717, 1.165) is 16.7 Å². The maximum Gasteiger partial charge on any atom is 0.0629 e. The van der Waals surface area contributed by atoms with Crippen LogP contribution in [0.5, 0.6) is 0 Å². The van der Waals surface area contributed by atoms with Gasteiger partial charge in [0.25, 0.3) is 0 Å². The number of hydrogen-bond acceptors (Lipinski definition) is 0. The van der Waals surface area contributed by atoms with Crippen LogP contribution in [0.2, 0.25) is 0 Å². The quantitative estimate of drug-likeness (QED) is 0.600. The van der Waals surface area contributed by atoms with Crippen LogP contribution in [-0.4, -0.2) is 0 Å². The highest BCUT2D eigenvalue weighted by molar-refractivity contribution is 5.75. The van der Waals surface area contributed by atoms with E-state index < -0.39 is 0 Å². The Hall–Kier alpha value is -2.08. The van der Waals surface area contributed by atoms with E-state index in [-0.39, 0.29) is 0 Å². The van der Waals surface area contributed by atoms with E-state index in [1.807, 2.05) is 42.5 Å². The molecule has 2 aromatic carbocycles. The van der Waals surface area contributed by atoms with Gasteiger partial charge in [-0.1, -0.05) is 72.8 Å². The molecule has 76 valence electrons. The van der Waals surface area contributed by atoms with Crippen molar-refractivity contribution in [2.24, 2.45) is 0 Å². The van der Waals surface area contributed by atoms with Crippen molar-refractivity contribution in [2.75, 3.05) is 0 Å². The normalized spacial score (nSPS) is 19.2. The molecule has 0 heterocycles. The van der Waals surface area contributed by atoms with Crippen LogP contribution in [0.1, 0.15) is 23.6 Å². The maximum atomic E-state index is 8.04. The molecule has 4 bridgehead atoms. The molecule has 4 aliphatic rings. The van der Waals surface area contributed by atoms with Crippen LogP contribution in [0, 0.1) is 0 Å². The first-order valence-corrected chi connectivity index (χ1v) is 5.38. The minimum Gasteiger partial charge on any atom is -0.0544 e. The molecular formula is C16H12. The molecule has 0 unspecified atom stereocenters. The molecule has 16 heavy (non-hydrogen) atoms. The third kappa shape index (κ3) is 1.82. The molecule has 0 saturated carbocycles. The predicted molar refractivity (Wildman–Crippen MR) is 70.7 cm³/mol. The fourth-order valence-electron chi connectivity index (χ4n) is 1.75. The minimum absolute atomic E-state index is 0.550. The molecule has 0 aliphatic heterocycles. The van der Waals surface area contributed by atoms with E-state index in [1.165, 1.54) is 5.56 Å². The summed E-state index contributed by atoms with van der Waals surface area (Å²) in [6.45, 7) is 0. The Morgan fingerprint density at radius 2 is 0.875 bits per heavy atom. The van der Waals surface area contributed by atoms with Crippen molar-refractivity contribution in [2.45, 2.75) is 0 Å². The number of rotatable bonds is 0. The molecule has 0 fully saturated rings. The van der Waals surface area contributed by atoms with Gasteiger partial charge in [0.2, 0.25) is 0 Å². The zero-order valence-corrected chi connectivity index (χ0v) is 8.85. The summed E-state index contributed by atoms with van der Waals surface area (Å²) in [5, 5.41) is 0. The summed E-state index contributed by atoms with van der Waals surface area (Å²) in [5.41, 5.74) is 4.35. The summed E-state index contributed by atoms with van der Waals surface area (Å²) in [5.74, 6) is 0. The third-order valence-electron chi connectivity index (χ3n) is 2.72. The van der Waals surface area contributed by atoms with Crippen LogP contribution < -0.4 is 0 Å². The first-order chi connectivity index (χ1) is 8.31. The van der Waals surface area contributed by atoms with E-state index >= 15 is 0 Å². The van der Waals surface area contributed by atoms with Gasteiger partial charge in [-0.2, -0.15) is 0 Å². The summed E-state index contributed by atoms with van der Waals surface area (Å²) in [6, 6.07) is 16.9. The van der Waals surface area contributed by atoms with Gasteiger partial charge in [0.15, 0.2) is 0 Å². The second-order valence-corrected chi connectivity index (χ2v) is 3.91. The van der Waals surface area contributed by atoms with E-state index in [2.05, 4.69) is 24.3 Å².